The van der Waals surface area contributed by atoms with Crippen LogP contribution in [0.1, 0.15) is 18.1 Å². The topological polar surface area (TPSA) is 54.4 Å². The molecule has 0 bridgehead atoms. The lowest BCUT2D eigenvalue weighted by molar-refractivity contribution is 0.482. The molecule has 0 aliphatic carbocycles. The van der Waals surface area contributed by atoms with Crippen molar-refractivity contribution in [3.05, 3.63) is 35.4 Å². The molecule has 1 aromatic carbocycles. The van der Waals surface area contributed by atoms with Crippen molar-refractivity contribution in [1.82, 2.24) is 0 Å². The molecule has 0 aromatic heterocycles. The van der Waals surface area contributed by atoms with Crippen LogP contribution >= 0.6 is 0 Å². The predicted molar refractivity (Wildman–Crippen MR) is 51.1 cm³/mol. The smallest absolute Gasteiger partial charge is 0.269 e. The van der Waals surface area contributed by atoms with Gasteiger partial charge in [0.15, 0.2) is 0 Å². The summed E-state index contributed by atoms with van der Waals surface area (Å²) in [6.07, 6.45) is 0.923. The Morgan fingerprint density at radius 2 is 1.62 bits per heavy atom. The van der Waals surface area contributed by atoms with E-state index in [4.69, 9.17) is 4.55 Å². The van der Waals surface area contributed by atoms with Gasteiger partial charge in [-0.05, 0) is 17.5 Å². The van der Waals surface area contributed by atoms with Gasteiger partial charge < -0.3 is 0 Å². The molecule has 0 saturated carbocycles. The second kappa shape index (κ2) is 3.89. The van der Waals surface area contributed by atoms with Crippen molar-refractivity contribution >= 4 is 10.1 Å². The summed E-state index contributed by atoms with van der Waals surface area (Å²) >= 11 is 0. The third-order valence-corrected chi connectivity index (χ3v) is 2.48. The number of hydrogen-bond donors (Lipinski definition) is 1. The molecule has 0 atom stereocenters. The van der Waals surface area contributed by atoms with E-state index in [1.165, 1.54) is 0 Å². The minimum atomic E-state index is -3.90. The number of rotatable bonds is 3. The first-order valence-electron chi connectivity index (χ1n) is 4.04. The summed E-state index contributed by atoms with van der Waals surface area (Å²) in [4.78, 5) is 0. The average molecular weight is 200 g/mol. The standard InChI is InChI=1S/C9H12O3S/c1-2-8-3-5-9(6-4-8)7-13(10,11)12/h3-6H,2,7H2,1H3,(H,10,11,12). The van der Waals surface area contributed by atoms with E-state index in [-0.39, 0.29) is 5.75 Å². The molecule has 0 fully saturated rings. The Bertz CT molecular complexity index is 364. The molecule has 72 valence electrons. The normalized spacial score (nSPS) is 11.5. The second-order valence-corrected chi connectivity index (χ2v) is 4.35. The molecular formula is C9H12O3S. The Balaban J connectivity index is 2.81. The maximum absolute atomic E-state index is 10.5. The van der Waals surface area contributed by atoms with E-state index in [1.807, 2.05) is 19.1 Å². The molecule has 0 heterocycles. The van der Waals surface area contributed by atoms with Gasteiger partial charge >= 0.3 is 0 Å². The SMILES string of the molecule is CCc1ccc(CS(=O)(=O)O)cc1. The van der Waals surface area contributed by atoms with Crippen LogP contribution in [0.15, 0.2) is 24.3 Å². The lowest BCUT2D eigenvalue weighted by atomic mass is 10.1. The number of benzene rings is 1. The molecule has 0 amide bonds. The van der Waals surface area contributed by atoms with Crippen LogP contribution in [0.2, 0.25) is 0 Å². The predicted octanol–water partition coefficient (Wildman–Crippen LogP) is 1.64. The largest absolute Gasteiger partial charge is 0.285 e. The Hall–Kier alpha value is -0.870. The zero-order chi connectivity index (χ0) is 9.90. The highest BCUT2D eigenvalue weighted by molar-refractivity contribution is 7.85. The Morgan fingerprint density at radius 3 is 2.00 bits per heavy atom. The van der Waals surface area contributed by atoms with Gasteiger partial charge in [0, 0.05) is 0 Å². The first-order chi connectivity index (χ1) is 6.01. The van der Waals surface area contributed by atoms with Crippen LogP contribution in [0, 0.1) is 0 Å². The molecule has 0 aliphatic rings. The van der Waals surface area contributed by atoms with Gasteiger partial charge in [0.25, 0.3) is 10.1 Å². The maximum atomic E-state index is 10.5. The van der Waals surface area contributed by atoms with Gasteiger partial charge in [-0.1, -0.05) is 31.2 Å². The first-order valence-corrected chi connectivity index (χ1v) is 5.65. The average Bonchev–Trinajstić information content (AvgIpc) is 2.03. The van der Waals surface area contributed by atoms with Crippen molar-refractivity contribution in [2.24, 2.45) is 0 Å². The minimum absolute atomic E-state index is 0.309. The van der Waals surface area contributed by atoms with Gasteiger partial charge in [0.2, 0.25) is 0 Å². The van der Waals surface area contributed by atoms with Crippen LogP contribution in [-0.4, -0.2) is 13.0 Å². The fraction of sp³-hybridized carbons (Fsp3) is 0.333. The zero-order valence-corrected chi connectivity index (χ0v) is 8.21. The van der Waals surface area contributed by atoms with Crippen LogP contribution < -0.4 is 0 Å². The first kappa shape index (κ1) is 10.2. The molecule has 0 spiro atoms. The Kier molecular flexibility index (Phi) is 3.06. The van der Waals surface area contributed by atoms with Crippen LogP contribution in [0.5, 0.6) is 0 Å². The lowest BCUT2D eigenvalue weighted by Crippen LogP contribution is -2.01. The van der Waals surface area contributed by atoms with Crippen molar-refractivity contribution in [1.29, 1.82) is 0 Å². The van der Waals surface area contributed by atoms with Gasteiger partial charge in [0.1, 0.15) is 5.75 Å². The van der Waals surface area contributed by atoms with E-state index >= 15 is 0 Å². The Labute approximate surface area is 78.2 Å². The fourth-order valence-corrected chi connectivity index (χ4v) is 1.70. The molecule has 0 saturated heterocycles. The molecule has 1 N–H and O–H groups in total. The molecule has 3 nitrogen and oxygen atoms in total. The highest BCUT2D eigenvalue weighted by atomic mass is 32.2. The van der Waals surface area contributed by atoms with E-state index < -0.39 is 10.1 Å². The molecule has 0 aliphatic heterocycles. The molecule has 13 heavy (non-hydrogen) atoms. The summed E-state index contributed by atoms with van der Waals surface area (Å²) in [6, 6.07) is 7.15. The summed E-state index contributed by atoms with van der Waals surface area (Å²) in [6.45, 7) is 2.03. The Morgan fingerprint density at radius 1 is 1.15 bits per heavy atom. The van der Waals surface area contributed by atoms with Gasteiger partial charge in [-0.2, -0.15) is 8.42 Å². The summed E-state index contributed by atoms with van der Waals surface area (Å²) in [5.74, 6) is -0.309. The molecular weight excluding hydrogens is 188 g/mol. The zero-order valence-electron chi connectivity index (χ0n) is 7.40. The van der Waals surface area contributed by atoms with Gasteiger partial charge in [-0.25, -0.2) is 0 Å². The minimum Gasteiger partial charge on any atom is -0.285 e. The van der Waals surface area contributed by atoms with Crippen molar-refractivity contribution in [2.75, 3.05) is 0 Å². The molecule has 1 aromatic rings. The molecule has 1 rings (SSSR count). The van der Waals surface area contributed by atoms with Crippen LogP contribution in [0.3, 0.4) is 0 Å². The van der Waals surface area contributed by atoms with E-state index in [2.05, 4.69) is 0 Å². The monoisotopic (exact) mass is 200 g/mol. The van der Waals surface area contributed by atoms with Gasteiger partial charge in [0.05, 0.1) is 0 Å². The van der Waals surface area contributed by atoms with E-state index in [0.29, 0.717) is 5.56 Å². The number of hydrogen-bond acceptors (Lipinski definition) is 2. The van der Waals surface area contributed by atoms with E-state index in [1.54, 1.807) is 12.1 Å². The quantitative estimate of drug-likeness (QED) is 0.754. The van der Waals surface area contributed by atoms with Crippen molar-refractivity contribution in [3.63, 3.8) is 0 Å². The fourth-order valence-electron chi connectivity index (χ4n) is 1.08. The van der Waals surface area contributed by atoms with Crippen molar-refractivity contribution in [3.8, 4) is 0 Å². The summed E-state index contributed by atoms with van der Waals surface area (Å²) in [5, 5.41) is 0. The van der Waals surface area contributed by atoms with Crippen molar-refractivity contribution < 1.29 is 13.0 Å². The summed E-state index contributed by atoms with van der Waals surface area (Å²) in [5.41, 5.74) is 1.76. The third-order valence-electron chi connectivity index (χ3n) is 1.78. The van der Waals surface area contributed by atoms with E-state index in [9.17, 15) is 8.42 Å². The summed E-state index contributed by atoms with van der Waals surface area (Å²) < 4.78 is 29.6. The molecule has 0 unspecified atom stereocenters. The highest BCUT2D eigenvalue weighted by Gasteiger charge is 2.05. The maximum Gasteiger partial charge on any atom is 0.269 e. The highest BCUT2D eigenvalue weighted by Crippen LogP contribution is 2.07. The van der Waals surface area contributed by atoms with Gasteiger partial charge in [-0.3, -0.25) is 4.55 Å². The second-order valence-electron chi connectivity index (χ2n) is 2.90. The molecule has 4 heteroatoms. The number of aryl methyl sites for hydroxylation is 1. The van der Waals surface area contributed by atoms with Crippen LogP contribution in [0.25, 0.3) is 0 Å². The van der Waals surface area contributed by atoms with E-state index in [0.717, 1.165) is 12.0 Å². The van der Waals surface area contributed by atoms with Gasteiger partial charge in [-0.15, -0.1) is 0 Å². The van der Waals surface area contributed by atoms with Crippen molar-refractivity contribution in [2.45, 2.75) is 19.1 Å². The lowest BCUT2D eigenvalue weighted by Gasteiger charge is -1.99. The summed E-state index contributed by atoms with van der Waals surface area (Å²) in [7, 11) is -3.90. The third kappa shape index (κ3) is 3.57. The molecule has 0 radical (unpaired) electrons. The van der Waals surface area contributed by atoms with Crippen LogP contribution in [0.4, 0.5) is 0 Å². The van der Waals surface area contributed by atoms with Crippen LogP contribution in [-0.2, 0) is 22.3 Å².